The number of nitrogens with zero attached hydrogens (tertiary/aromatic N) is 2. The second kappa shape index (κ2) is 6.91. The van der Waals surface area contributed by atoms with Gasteiger partial charge in [-0.3, -0.25) is 29.8 Å². The van der Waals surface area contributed by atoms with Crippen molar-refractivity contribution in [2.75, 3.05) is 0 Å². The number of ether oxygens (including phenoxy) is 1. The first-order valence-electron chi connectivity index (χ1n) is 7.89. The zero-order valence-corrected chi connectivity index (χ0v) is 14.6. The van der Waals surface area contributed by atoms with Crippen LogP contribution in [0.5, 0.6) is 5.75 Å². The number of furan rings is 1. The van der Waals surface area contributed by atoms with Crippen LogP contribution in [0.15, 0.2) is 40.8 Å². The molecule has 2 aromatic carbocycles. The summed E-state index contributed by atoms with van der Waals surface area (Å²) in [7, 11) is 0. The minimum Gasteiger partial charge on any atom is -0.460 e. The van der Waals surface area contributed by atoms with Crippen LogP contribution in [0.2, 0.25) is 0 Å². The van der Waals surface area contributed by atoms with Crippen LogP contribution < -0.4 is 4.74 Å². The average molecular weight is 384 g/mol. The predicted molar refractivity (Wildman–Crippen MR) is 95.4 cm³/mol. The largest absolute Gasteiger partial charge is 0.460 e. The van der Waals surface area contributed by atoms with E-state index < -0.39 is 38.7 Å². The summed E-state index contributed by atoms with van der Waals surface area (Å²) in [4.78, 5) is 45.6. The van der Waals surface area contributed by atoms with Crippen molar-refractivity contribution in [2.45, 2.75) is 13.8 Å². The number of benzene rings is 2. The lowest BCUT2D eigenvalue weighted by atomic mass is 9.99. The van der Waals surface area contributed by atoms with E-state index in [9.17, 15) is 29.8 Å². The summed E-state index contributed by atoms with van der Waals surface area (Å²) in [6.07, 6.45) is 0. The number of carbonyl (C=O) groups excluding carboxylic acids is 2. The van der Waals surface area contributed by atoms with Crippen molar-refractivity contribution in [3.05, 3.63) is 73.5 Å². The van der Waals surface area contributed by atoms with Gasteiger partial charge in [-0.25, -0.2) is 0 Å². The van der Waals surface area contributed by atoms with Gasteiger partial charge in [0.1, 0.15) is 16.7 Å². The molecule has 0 unspecified atom stereocenters. The van der Waals surface area contributed by atoms with Gasteiger partial charge in [0.2, 0.25) is 0 Å². The molecule has 0 saturated heterocycles. The van der Waals surface area contributed by atoms with E-state index in [1.165, 1.54) is 19.1 Å². The van der Waals surface area contributed by atoms with Crippen LogP contribution in [0.4, 0.5) is 11.4 Å². The molecule has 10 heteroatoms. The fourth-order valence-corrected chi connectivity index (χ4v) is 2.89. The Labute approximate surface area is 156 Å². The number of hydrogen-bond donors (Lipinski definition) is 0. The third kappa shape index (κ3) is 3.07. The van der Waals surface area contributed by atoms with Gasteiger partial charge in [0.05, 0.1) is 21.5 Å². The fourth-order valence-electron chi connectivity index (χ4n) is 2.89. The topological polar surface area (TPSA) is 143 Å². The lowest BCUT2D eigenvalue weighted by molar-refractivity contribution is -0.394. The quantitative estimate of drug-likeness (QED) is 0.213. The Morgan fingerprint density at radius 2 is 1.71 bits per heavy atom. The van der Waals surface area contributed by atoms with Gasteiger partial charge in [0.15, 0.2) is 5.78 Å². The molecule has 1 heterocycles. The number of nitro benzene ring substituents is 2. The van der Waals surface area contributed by atoms with Crippen molar-refractivity contribution in [3.8, 4) is 5.75 Å². The van der Waals surface area contributed by atoms with Crippen LogP contribution >= 0.6 is 0 Å². The van der Waals surface area contributed by atoms with Crippen LogP contribution in [-0.2, 0) is 4.79 Å². The lowest BCUT2D eigenvalue weighted by Gasteiger charge is -2.06. The number of aryl methyl sites for hydroxylation is 1. The van der Waals surface area contributed by atoms with Crippen molar-refractivity contribution in [2.24, 2.45) is 0 Å². The molecule has 0 aliphatic rings. The molecule has 0 aliphatic heterocycles. The van der Waals surface area contributed by atoms with Gasteiger partial charge in [-0.05, 0) is 6.92 Å². The Balaban J connectivity index is 2.43. The molecule has 10 nitrogen and oxygen atoms in total. The standard InChI is InChI=1S/C18H12N2O8/c1-9-14(17(22)11-6-4-3-5-7-11)15-13(27-9)8-12(19(23)24)18(28-10(2)21)16(15)20(25)26/h3-8H,1-2H3. The highest BCUT2D eigenvalue weighted by atomic mass is 16.6. The van der Waals surface area contributed by atoms with Gasteiger partial charge >= 0.3 is 17.3 Å². The van der Waals surface area contributed by atoms with Gasteiger partial charge in [0.25, 0.3) is 5.75 Å². The number of carbonyl (C=O) groups is 2. The van der Waals surface area contributed by atoms with Crippen molar-refractivity contribution in [1.29, 1.82) is 0 Å². The van der Waals surface area contributed by atoms with E-state index in [4.69, 9.17) is 9.15 Å². The predicted octanol–water partition coefficient (Wildman–Crippen LogP) is 3.71. The number of fused-ring (bicyclic) bond motifs is 1. The van der Waals surface area contributed by atoms with Gasteiger partial charge < -0.3 is 9.15 Å². The molecular weight excluding hydrogens is 372 g/mol. The first-order valence-corrected chi connectivity index (χ1v) is 7.89. The summed E-state index contributed by atoms with van der Waals surface area (Å²) in [5.74, 6) is -2.36. The van der Waals surface area contributed by atoms with Gasteiger partial charge in [-0.1, -0.05) is 30.3 Å². The fraction of sp³-hybridized carbons (Fsp3) is 0.111. The van der Waals surface area contributed by atoms with Crippen molar-refractivity contribution >= 4 is 34.1 Å². The number of hydrogen-bond acceptors (Lipinski definition) is 8. The zero-order chi connectivity index (χ0) is 20.6. The van der Waals surface area contributed by atoms with Crippen molar-refractivity contribution in [1.82, 2.24) is 0 Å². The van der Waals surface area contributed by atoms with Crippen LogP contribution in [0.25, 0.3) is 11.0 Å². The molecule has 3 rings (SSSR count). The summed E-state index contributed by atoms with van der Waals surface area (Å²) in [6, 6.07) is 8.87. The smallest absolute Gasteiger partial charge is 0.330 e. The zero-order valence-electron chi connectivity index (χ0n) is 14.6. The second-order valence-electron chi connectivity index (χ2n) is 5.78. The van der Waals surface area contributed by atoms with Gasteiger partial charge in [0, 0.05) is 12.5 Å². The maximum Gasteiger partial charge on any atom is 0.330 e. The minimum absolute atomic E-state index is 0.0428. The van der Waals surface area contributed by atoms with E-state index in [0.717, 1.165) is 13.0 Å². The highest BCUT2D eigenvalue weighted by molar-refractivity contribution is 6.19. The van der Waals surface area contributed by atoms with Gasteiger partial charge in [-0.15, -0.1) is 0 Å². The molecule has 0 radical (unpaired) electrons. The van der Waals surface area contributed by atoms with E-state index in [1.807, 2.05) is 0 Å². The molecule has 0 amide bonds. The molecule has 0 N–H and O–H groups in total. The molecule has 0 atom stereocenters. The Morgan fingerprint density at radius 1 is 1.07 bits per heavy atom. The Morgan fingerprint density at radius 3 is 2.25 bits per heavy atom. The third-order valence-corrected chi connectivity index (χ3v) is 3.95. The van der Waals surface area contributed by atoms with Gasteiger partial charge in [-0.2, -0.15) is 0 Å². The molecule has 28 heavy (non-hydrogen) atoms. The molecule has 1 aromatic heterocycles. The summed E-state index contributed by atoms with van der Waals surface area (Å²) < 4.78 is 10.2. The Hall–Kier alpha value is -4.08. The molecular formula is C18H12N2O8. The molecule has 142 valence electrons. The van der Waals surface area contributed by atoms with E-state index in [-0.39, 0.29) is 27.9 Å². The number of rotatable bonds is 5. The van der Waals surface area contributed by atoms with E-state index in [1.54, 1.807) is 18.2 Å². The average Bonchev–Trinajstić information content (AvgIpc) is 2.95. The first kappa shape index (κ1) is 18.7. The van der Waals surface area contributed by atoms with Crippen molar-refractivity contribution in [3.63, 3.8) is 0 Å². The maximum atomic E-state index is 12.9. The highest BCUT2D eigenvalue weighted by Crippen LogP contribution is 2.46. The first-order chi connectivity index (χ1) is 13.2. The van der Waals surface area contributed by atoms with Crippen LogP contribution in [0.1, 0.15) is 28.6 Å². The summed E-state index contributed by atoms with van der Waals surface area (Å²) >= 11 is 0. The molecule has 0 fully saturated rings. The van der Waals surface area contributed by atoms with Crippen LogP contribution in [0.3, 0.4) is 0 Å². The van der Waals surface area contributed by atoms with E-state index in [0.29, 0.717) is 0 Å². The molecule has 0 spiro atoms. The summed E-state index contributed by atoms with van der Waals surface area (Å²) in [6.45, 7) is 2.37. The number of esters is 1. The minimum atomic E-state index is -0.985. The van der Waals surface area contributed by atoms with E-state index in [2.05, 4.69) is 0 Å². The van der Waals surface area contributed by atoms with E-state index >= 15 is 0 Å². The Bertz CT molecular complexity index is 1150. The molecule has 0 saturated carbocycles. The summed E-state index contributed by atoms with van der Waals surface area (Å²) in [5, 5.41) is 22.8. The molecule has 3 aromatic rings. The molecule has 0 bridgehead atoms. The highest BCUT2D eigenvalue weighted by Gasteiger charge is 2.37. The SMILES string of the molecule is CC(=O)Oc1c([N+](=O)[O-])cc2oc(C)c(C(=O)c3ccccc3)c2c1[N+](=O)[O-]. The maximum absolute atomic E-state index is 12.9. The Kier molecular flexibility index (Phi) is 4.62. The monoisotopic (exact) mass is 384 g/mol. The summed E-state index contributed by atoms with van der Waals surface area (Å²) in [5.41, 5.74) is -1.81. The lowest BCUT2D eigenvalue weighted by Crippen LogP contribution is -2.08. The normalized spacial score (nSPS) is 10.6. The van der Waals surface area contributed by atoms with Crippen LogP contribution in [-0.4, -0.2) is 21.6 Å². The van der Waals surface area contributed by atoms with Crippen molar-refractivity contribution < 1.29 is 28.6 Å². The molecule has 0 aliphatic carbocycles. The third-order valence-electron chi connectivity index (χ3n) is 3.95. The number of nitro groups is 2. The van der Waals surface area contributed by atoms with Crippen LogP contribution in [0, 0.1) is 27.2 Å². The second-order valence-corrected chi connectivity index (χ2v) is 5.78. The number of ketones is 1.